The number of carbonyl (C=O) groups is 2. The van der Waals surface area contributed by atoms with E-state index < -0.39 is 0 Å². The molecule has 4 heteroatoms. The highest BCUT2D eigenvalue weighted by molar-refractivity contribution is 5.76. The van der Waals surface area contributed by atoms with Gasteiger partial charge in [-0.05, 0) is 49.3 Å². The van der Waals surface area contributed by atoms with Gasteiger partial charge < -0.3 is 9.47 Å². The summed E-state index contributed by atoms with van der Waals surface area (Å²) in [6, 6.07) is 5.26. The molecular weight excluding hydrogens is 316 g/mol. The van der Waals surface area contributed by atoms with Gasteiger partial charge in [-0.25, -0.2) is 0 Å². The summed E-state index contributed by atoms with van der Waals surface area (Å²) in [5, 5.41) is 0. The van der Waals surface area contributed by atoms with Gasteiger partial charge in [0, 0.05) is 12.8 Å². The normalized spacial score (nSPS) is 11.0. The minimum atomic E-state index is -0.290. The number of hydrogen-bond acceptors (Lipinski definition) is 4. The van der Waals surface area contributed by atoms with E-state index in [9.17, 15) is 9.59 Å². The van der Waals surface area contributed by atoms with Crippen LogP contribution in [0.2, 0.25) is 0 Å². The van der Waals surface area contributed by atoms with E-state index in [1.165, 1.54) is 0 Å². The molecule has 1 rings (SSSR count). The lowest BCUT2D eigenvalue weighted by atomic mass is 10.1. The molecule has 0 amide bonds. The minimum absolute atomic E-state index is 0.289. The summed E-state index contributed by atoms with van der Waals surface area (Å²) in [6.07, 6.45) is 4.31. The lowest BCUT2D eigenvalue weighted by Gasteiger charge is -2.12. The Kier molecular flexibility index (Phi) is 9.25. The Labute approximate surface area is 151 Å². The third kappa shape index (κ3) is 9.28. The number of aryl methyl sites for hydroxylation is 1. The van der Waals surface area contributed by atoms with Crippen molar-refractivity contribution in [2.45, 2.75) is 73.1 Å². The van der Waals surface area contributed by atoms with Crippen molar-refractivity contribution in [2.75, 3.05) is 0 Å². The molecule has 0 saturated heterocycles. The maximum Gasteiger partial charge on any atom is 0.311 e. The van der Waals surface area contributed by atoms with Crippen LogP contribution >= 0.6 is 0 Å². The molecule has 0 heterocycles. The van der Waals surface area contributed by atoms with E-state index in [4.69, 9.17) is 9.47 Å². The summed E-state index contributed by atoms with van der Waals surface area (Å²) in [5.74, 6) is 1.19. The van der Waals surface area contributed by atoms with Gasteiger partial charge in [0.25, 0.3) is 0 Å². The van der Waals surface area contributed by atoms with Crippen molar-refractivity contribution in [2.24, 2.45) is 11.8 Å². The van der Waals surface area contributed by atoms with Crippen LogP contribution in [-0.4, -0.2) is 11.9 Å². The van der Waals surface area contributed by atoms with Crippen LogP contribution in [0, 0.1) is 18.8 Å². The summed E-state index contributed by atoms with van der Waals surface area (Å²) in [7, 11) is 0. The fourth-order valence-corrected chi connectivity index (χ4v) is 2.44. The minimum Gasteiger partial charge on any atom is -0.423 e. The standard InChI is InChI=1S/C21H32O4/c1-15(2)8-6-10-20(22)24-18-13-12-17(5)14-19(18)25-21(23)11-7-9-16(3)4/h12-16H,6-11H2,1-5H3. The molecule has 1 aromatic rings. The summed E-state index contributed by atoms with van der Waals surface area (Å²) < 4.78 is 10.8. The van der Waals surface area contributed by atoms with Crippen LogP contribution in [0.3, 0.4) is 0 Å². The second kappa shape index (κ2) is 10.9. The smallest absolute Gasteiger partial charge is 0.311 e. The molecule has 4 nitrogen and oxygen atoms in total. The molecule has 0 spiro atoms. The summed E-state index contributed by atoms with van der Waals surface area (Å²) in [5.41, 5.74) is 0.949. The lowest BCUT2D eigenvalue weighted by molar-refractivity contribution is -0.137. The van der Waals surface area contributed by atoms with Crippen LogP contribution in [0.25, 0.3) is 0 Å². The lowest BCUT2D eigenvalue weighted by Crippen LogP contribution is -2.12. The first-order chi connectivity index (χ1) is 11.8. The largest absolute Gasteiger partial charge is 0.423 e. The quantitative estimate of drug-likeness (QED) is 0.416. The Morgan fingerprint density at radius 3 is 1.80 bits per heavy atom. The molecule has 0 fully saturated rings. The monoisotopic (exact) mass is 348 g/mol. The van der Waals surface area contributed by atoms with Gasteiger partial charge in [0.15, 0.2) is 11.5 Å². The highest BCUT2D eigenvalue weighted by atomic mass is 16.6. The van der Waals surface area contributed by atoms with E-state index in [2.05, 4.69) is 27.7 Å². The summed E-state index contributed by atoms with van der Waals surface area (Å²) in [4.78, 5) is 24.0. The molecule has 1 aromatic carbocycles. The van der Waals surface area contributed by atoms with Crippen molar-refractivity contribution in [1.29, 1.82) is 0 Å². The second-order valence-corrected chi connectivity index (χ2v) is 7.47. The third-order valence-corrected chi connectivity index (χ3v) is 3.87. The van der Waals surface area contributed by atoms with E-state index in [0.29, 0.717) is 36.2 Å². The maximum atomic E-state index is 12.0. The topological polar surface area (TPSA) is 52.6 Å². The molecule has 0 bridgehead atoms. The molecule has 140 valence electrons. The predicted octanol–water partition coefficient (Wildman–Crippen LogP) is 5.46. The highest BCUT2D eigenvalue weighted by Crippen LogP contribution is 2.29. The van der Waals surface area contributed by atoms with Gasteiger partial charge in [-0.3, -0.25) is 9.59 Å². The Bertz CT molecular complexity index is 561. The SMILES string of the molecule is Cc1ccc(OC(=O)CCCC(C)C)c(OC(=O)CCCC(C)C)c1. The molecule has 0 aliphatic rings. The van der Waals surface area contributed by atoms with Crippen LogP contribution in [0.15, 0.2) is 18.2 Å². The molecule has 0 atom stereocenters. The number of ether oxygens (including phenoxy) is 2. The van der Waals surface area contributed by atoms with Crippen LogP contribution in [0.5, 0.6) is 11.5 Å². The van der Waals surface area contributed by atoms with Crippen molar-refractivity contribution < 1.29 is 19.1 Å². The second-order valence-electron chi connectivity index (χ2n) is 7.47. The van der Waals surface area contributed by atoms with Gasteiger partial charge in [-0.15, -0.1) is 0 Å². The van der Waals surface area contributed by atoms with Crippen molar-refractivity contribution in [3.05, 3.63) is 23.8 Å². The molecule has 0 aliphatic carbocycles. The predicted molar refractivity (Wildman–Crippen MR) is 99.8 cm³/mol. The number of hydrogen-bond donors (Lipinski definition) is 0. The fraction of sp³-hybridized carbons (Fsp3) is 0.619. The van der Waals surface area contributed by atoms with Gasteiger partial charge in [-0.2, -0.15) is 0 Å². The number of rotatable bonds is 10. The van der Waals surface area contributed by atoms with Gasteiger partial charge in [-0.1, -0.05) is 46.6 Å². The molecular formula is C21H32O4. The van der Waals surface area contributed by atoms with Gasteiger partial charge in [0.1, 0.15) is 0 Å². The first-order valence-corrected chi connectivity index (χ1v) is 9.30. The average molecular weight is 348 g/mol. The number of carbonyl (C=O) groups excluding carboxylic acids is 2. The molecule has 0 radical (unpaired) electrons. The van der Waals surface area contributed by atoms with Crippen molar-refractivity contribution >= 4 is 11.9 Å². The Morgan fingerprint density at radius 2 is 1.32 bits per heavy atom. The number of esters is 2. The van der Waals surface area contributed by atoms with Crippen LogP contribution in [-0.2, 0) is 9.59 Å². The van der Waals surface area contributed by atoms with Crippen molar-refractivity contribution in [1.82, 2.24) is 0 Å². The van der Waals surface area contributed by atoms with Crippen molar-refractivity contribution in [3.63, 3.8) is 0 Å². The Hall–Kier alpha value is -1.84. The van der Waals surface area contributed by atoms with Crippen molar-refractivity contribution in [3.8, 4) is 11.5 Å². The van der Waals surface area contributed by atoms with Crippen LogP contribution in [0.1, 0.15) is 71.8 Å². The zero-order valence-electron chi connectivity index (χ0n) is 16.3. The zero-order valence-corrected chi connectivity index (χ0v) is 16.3. The van der Waals surface area contributed by atoms with Gasteiger partial charge in [0.05, 0.1) is 0 Å². The molecule has 25 heavy (non-hydrogen) atoms. The Morgan fingerprint density at radius 1 is 0.840 bits per heavy atom. The van der Waals surface area contributed by atoms with E-state index in [-0.39, 0.29) is 11.9 Å². The van der Waals surface area contributed by atoms with E-state index in [1.54, 1.807) is 12.1 Å². The summed E-state index contributed by atoms with van der Waals surface area (Å²) >= 11 is 0. The van der Waals surface area contributed by atoms with Crippen LogP contribution in [0.4, 0.5) is 0 Å². The van der Waals surface area contributed by atoms with E-state index in [0.717, 1.165) is 31.2 Å². The average Bonchev–Trinajstić information content (AvgIpc) is 2.49. The van der Waals surface area contributed by atoms with E-state index in [1.807, 2.05) is 13.0 Å². The fourth-order valence-electron chi connectivity index (χ4n) is 2.44. The molecule has 0 saturated carbocycles. The Balaban J connectivity index is 2.62. The first kappa shape index (κ1) is 21.2. The van der Waals surface area contributed by atoms with Gasteiger partial charge in [0.2, 0.25) is 0 Å². The summed E-state index contributed by atoms with van der Waals surface area (Å²) in [6.45, 7) is 10.4. The molecule has 0 aliphatic heterocycles. The third-order valence-electron chi connectivity index (χ3n) is 3.87. The van der Waals surface area contributed by atoms with Gasteiger partial charge >= 0.3 is 11.9 Å². The molecule has 0 N–H and O–H groups in total. The molecule has 0 aromatic heterocycles. The number of benzene rings is 1. The first-order valence-electron chi connectivity index (χ1n) is 9.30. The molecule has 0 unspecified atom stereocenters. The van der Waals surface area contributed by atoms with Crippen LogP contribution < -0.4 is 9.47 Å². The maximum absolute atomic E-state index is 12.0. The zero-order chi connectivity index (χ0) is 18.8. The highest BCUT2D eigenvalue weighted by Gasteiger charge is 2.14. The van der Waals surface area contributed by atoms with E-state index >= 15 is 0 Å².